The van der Waals surface area contributed by atoms with Gasteiger partial charge in [0, 0.05) is 21.6 Å². The zero-order valence-electron chi connectivity index (χ0n) is 11.8. The lowest BCUT2D eigenvalue weighted by Gasteiger charge is -2.25. The Morgan fingerprint density at radius 2 is 2.00 bits per heavy atom. The average molecular weight is 295 g/mol. The van der Waals surface area contributed by atoms with Crippen molar-refractivity contribution in [2.75, 3.05) is 5.75 Å². The summed E-state index contributed by atoms with van der Waals surface area (Å²) in [5.41, 5.74) is 6.27. The van der Waals surface area contributed by atoms with Gasteiger partial charge < -0.3 is 5.73 Å². The van der Waals surface area contributed by atoms with Gasteiger partial charge in [-0.2, -0.15) is 0 Å². The minimum absolute atomic E-state index is 0.0917. The Bertz CT molecular complexity index is 547. The third-order valence-corrected chi connectivity index (χ3v) is 6.10. The summed E-state index contributed by atoms with van der Waals surface area (Å²) in [7, 11) is 0. The van der Waals surface area contributed by atoms with Crippen LogP contribution in [0.3, 0.4) is 0 Å². The molecule has 19 heavy (non-hydrogen) atoms. The van der Waals surface area contributed by atoms with Crippen LogP contribution in [-0.4, -0.2) is 21.3 Å². The quantitative estimate of drug-likeness (QED) is 0.649. The molecule has 0 saturated carbocycles. The monoisotopic (exact) mass is 295 g/mol. The molecule has 0 aromatic carbocycles. The maximum Gasteiger partial charge on any atom is 0.128 e. The van der Waals surface area contributed by atoms with Crippen molar-refractivity contribution in [1.82, 2.24) is 9.97 Å². The standard InChI is InChI=1S/C14H21N3S2/c1-4-10-7-11-12(16-9-17-13(11)19-10)18-8-14(15,5-2)6-3/h7,9H,4-6,8,15H2,1-3H3. The van der Waals surface area contributed by atoms with E-state index in [0.29, 0.717) is 0 Å². The predicted molar refractivity (Wildman–Crippen MR) is 85.0 cm³/mol. The lowest BCUT2D eigenvalue weighted by Crippen LogP contribution is -2.40. The highest BCUT2D eigenvalue weighted by Crippen LogP contribution is 2.32. The van der Waals surface area contributed by atoms with Gasteiger partial charge in [-0.15, -0.1) is 23.1 Å². The number of nitrogens with zero attached hydrogens (tertiary/aromatic N) is 2. The van der Waals surface area contributed by atoms with E-state index in [1.54, 1.807) is 29.4 Å². The fraction of sp³-hybridized carbons (Fsp3) is 0.571. The molecule has 0 spiro atoms. The fourth-order valence-electron chi connectivity index (χ4n) is 1.84. The molecule has 0 unspecified atom stereocenters. The second-order valence-electron chi connectivity index (χ2n) is 4.82. The summed E-state index contributed by atoms with van der Waals surface area (Å²) < 4.78 is 0. The zero-order valence-corrected chi connectivity index (χ0v) is 13.4. The van der Waals surface area contributed by atoms with Crippen LogP contribution >= 0.6 is 23.1 Å². The third-order valence-electron chi connectivity index (χ3n) is 3.60. The summed E-state index contributed by atoms with van der Waals surface area (Å²) in [4.78, 5) is 11.2. The van der Waals surface area contributed by atoms with Crippen LogP contribution < -0.4 is 5.73 Å². The second kappa shape index (κ2) is 6.20. The average Bonchev–Trinajstić information content (AvgIpc) is 2.88. The van der Waals surface area contributed by atoms with Gasteiger partial charge in [-0.05, 0) is 25.3 Å². The number of hydrogen-bond acceptors (Lipinski definition) is 5. The van der Waals surface area contributed by atoms with E-state index in [9.17, 15) is 0 Å². The number of hydrogen-bond donors (Lipinski definition) is 1. The van der Waals surface area contributed by atoms with Gasteiger partial charge in [0.15, 0.2) is 0 Å². The van der Waals surface area contributed by atoms with Crippen molar-refractivity contribution >= 4 is 33.3 Å². The molecule has 2 N–H and O–H groups in total. The van der Waals surface area contributed by atoms with Crippen LogP contribution in [0.1, 0.15) is 38.5 Å². The predicted octanol–water partition coefficient (Wildman–Crippen LogP) is 3.86. The molecule has 2 aromatic rings. The molecule has 0 amide bonds. The Balaban J connectivity index is 2.23. The number of nitrogens with two attached hydrogens (primary N) is 1. The molecule has 0 aliphatic heterocycles. The highest BCUT2D eigenvalue weighted by atomic mass is 32.2. The smallest absolute Gasteiger partial charge is 0.128 e. The molecule has 2 heterocycles. The molecule has 2 rings (SSSR count). The number of thioether (sulfide) groups is 1. The summed E-state index contributed by atoms with van der Waals surface area (Å²) in [6.45, 7) is 6.48. The zero-order chi connectivity index (χ0) is 13.9. The van der Waals surface area contributed by atoms with Crippen LogP contribution in [-0.2, 0) is 6.42 Å². The minimum atomic E-state index is -0.0917. The van der Waals surface area contributed by atoms with Crippen molar-refractivity contribution in [2.45, 2.75) is 50.6 Å². The van der Waals surface area contributed by atoms with Crippen LogP contribution in [0.4, 0.5) is 0 Å². The fourth-order valence-corrected chi connectivity index (χ4v) is 4.10. The first-order chi connectivity index (χ1) is 9.11. The topological polar surface area (TPSA) is 51.8 Å². The van der Waals surface area contributed by atoms with E-state index in [1.165, 1.54) is 10.3 Å². The minimum Gasteiger partial charge on any atom is -0.324 e. The van der Waals surface area contributed by atoms with Gasteiger partial charge >= 0.3 is 0 Å². The first kappa shape index (κ1) is 14.8. The van der Waals surface area contributed by atoms with Gasteiger partial charge in [-0.1, -0.05) is 20.8 Å². The van der Waals surface area contributed by atoms with Crippen LogP contribution in [0.2, 0.25) is 0 Å². The SMILES string of the molecule is CCc1cc2c(SCC(N)(CC)CC)ncnc2s1. The van der Waals surface area contributed by atoms with Gasteiger partial charge in [-0.25, -0.2) is 9.97 Å². The largest absolute Gasteiger partial charge is 0.324 e. The molecule has 0 radical (unpaired) electrons. The lowest BCUT2D eigenvalue weighted by atomic mass is 9.97. The molecule has 0 aliphatic carbocycles. The molecule has 2 aromatic heterocycles. The molecule has 3 nitrogen and oxygen atoms in total. The Kier molecular flexibility index (Phi) is 4.81. The summed E-state index contributed by atoms with van der Waals surface area (Å²) in [6.07, 6.45) is 4.70. The number of thiophene rings is 1. The molecule has 0 aliphatic rings. The van der Waals surface area contributed by atoms with Gasteiger partial charge in [0.2, 0.25) is 0 Å². The van der Waals surface area contributed by atoms with E-state index in [-0.39, 0.29) is 5.54 Å². The first-order valence-corrected chi connectivity index (χ1v) is 8.57. The number of rotatable bonds is 6. The summed E-state index contributed by atoms with van der Waals surface area (Å²) in [6, 6.07) is 2.22. The third kappa shape index (κ3) is 3.27. The van der Waals surface area contributed by atoms with Crippen molar-refractivity contribution < 1.29 is 0 Å². The molecule has 5 heteroatoms. The van der Waals surface area contributed by atoms with E-state index in [4.69, 9.17) is 5.73 Å². The summed E-state index contributed by atoms with van der Waals surface area (Å²) >= 11 is 3.52. The number of fused-ring (bicyclic) bond motifs is 1. The highest BCUT2D eigenvalue weighted by molar-refractivity contribution is 7.99. The molecule has 104 valence electrons. The molecule has 0 atom stereocenters. The Morgan fingerprint density at radius 3 is 2.63 bits per heavy atom. The maximum absolute atomic E-state index is 6.36. The number of aryl methyl sites for hydroxylation is 1. The Hall–Kier alpha value is -0.650. The van der Waals surface area contributed by atoms with Crippen molar-refractivity contribution in [1.29, 1.82) is 0 Å². The van der Waals surface area contributed by atoms with Crippen molar-refractivity contribution in [3.8, 4) is 0 Å². The van der Waals surface area contributed by atoms with E-state index < -0.39 is 0 Å². The Morgan fingerprint density at radius 1 is 1.26 bits per heavy atom. The van der Waals surface area contributed by atoms with Gasteiger partial charge in [0.05, 0.1) is 0 Å². The molecule has 0 fully saturated rings. The van der Waals surface area contributed by atoms with Crippen LogP contribution in [0, 0.1) is 0 Å². The van der Waals surface area contributed by atoms with Gasteiger partial charge in [0.1, 0.15) is 16.2 Å². The van der Waals surface area contributed by atoms with Crippen molar-refractivity contribution in [3.63, 3.8) is 0 Å². The second-order valence-corrected chi connectivity index (χ2v) is 6.90. The molecular weight excluding hydrogens is 274 g/mol. The summed E-state index contributed by atoms with van der Waals surface area (Å²) in [5, 5.41) is 2.25. The van der Waals surface area contributed by atoms with E-state index in [0.717, 1.165) is 34.9 Å². The van der Waals surface area contributed by atoms with E-state index in [2.05, 4.69) is 36.8 Å². The van der Waals surface area contributed by atoms with E-state index in [1.807, 2.05) is 0 Å². The van der Waals surface area contributed by atoms with Crippen LogP contribution in [0.15, 0.2) is 17.4 Å². The highest BCUT2D eigenvalue weighted by Gasteiger charge is 2.21. The normalized spacial score (nSPS) is 12.2. The first-order valence-electron chi connectivity index (χ1n) is 6.77. The van der Waals surface area contributed by atoms with Crippen LogP contribution in [0.25, 0.3) is 10.2 Å². The van der Waals surface area contributed by atoms with Crippen molar-refractivity contribution in [3.05, 3.63) is 17.3 Å². The molecular formula is C14H21N3S2. The molecule has 0 bridgehead atoms. The van der Waals surface area contributed by atoms with Crippen molar-refractivity contribution in [2.24, 2.45) is 5.73 Å². The van der Waals surface area contributed by atoms with Crippen LogP contribution in [0.5, 0.6) is 0 Å². The summed E-state index contributed by atoms with van der Waals surface area (Å²) in [5.74, 6) is 0.906. The number of aromatic nitrogens is 2. The Labute approximate surface area is 123 Å². The van der Waals surface area contributed by atoms with Gasteiger partial charge in [-0.3, -0.25) is 0 Å². The molecule has 0 saturated heterocycles. The van der Waals surface area contributed by atoms with E-state index >= 15 is 0 Å². The maximum atomic E-state index is 6.36. The lowest BCUT2D eigenvalue weighted by molar-refractivity contribution is 0.446. The van der Waals surface area contributed by atoms with Gasteiger partial charge in [0.25, 0.3) is 0 Å².